The Bertz CT molecular complexity index is 1530. The van der Waals surface area contributed by atoms with Crippen LogP contribution in [0.5, 0.6) is 11.5 Å². The molecule has 1 aromatic heterocycles. The number of rotatable bonds is 4. The molecule has 0 aliphatic carbocycles. The van der Waals surface area contributed by atoms with E-state index in [-0.39, 0.29) is 11.9 Å². The number of hydrogen-bond donors (Lipinski definition) is 1. The maximum Gasteiger partial charge on any atom is 0.327 e. The summed E-state index contributed by atoms with van der Waals surface area (Å²) < 4.78 is 31.2. The highest BCUT2D eigenvalue weighted by atomic mass is 19.1. The number of anilines is 1. The van der Waals surface area contributed by atoms with E-state index in [1.165, 1.54) is 17.0 Å². The first-order chi connectivity index (χ1) is 18.0. The van der Waals surface area contributed by atoms with Crippen molar-refractivity contribution in [3.05, 3.63) is 95.3 Å². The van der Waals surface area contributed by atoms with Gasteiger partial charge in [-0.1, -0.05) is 47.1 Å². The fourth-order valence-corrected chi connectivity index (χ4v) is 4.59. The third-order valence-electron chi connectivity index (χ3n) is 6.42. The molecular weight excluding hydrogens is 475 g/mol. The minimum atomic E-state index is -0.706. The van der Waals surface area contributed by atoms with Crippen LogP contribution in [-0.4, -0.2) is 29.4 Å². The van der Waals surface area contributed by atoms with Gasteiger partial charge in [-0.05, 0) is 43.7 Å². The summed E-state index contributed by atoms with van der Waals surface area (Å²) in [5, 5.41) is 7.17. The van der Waals surface area contributed by atoms with Gasteiger partial charge in [-0.15, -0.1) is 0 Å². The molecule has 3 aromatic carbocycles. The number of carbonyl (C=O) groups is 1. The Morgan fingerprint density at radius 1 is 0.973 bits per heavy atom. The fraction of sp³-hybridized carbons (Fsp3) is 0.179. The van der Waals surface area contributed by atoms with E-state index in [1.54, 1.807) is 37.3 Å². The summed E-state index contributed by atoms with van der Waals surface area (Å²) in [5.74, 6) is 1.40. The molecule has 1 N–H and O–H groups in total. The monoisotopic (exact) mass is 498 g/mol. The molecule has 0 fully saturated rings. The second-order valence-electron chi connectivity index (χ2n) is 8.89. The molecule has 0 radical (unpaired) electrons. The summed E-state index contributed by atoms with van der Waals surface area (Å²) in [6, 6.07) is 18.1. The molecule has 2 aliphatic rings. The molecule has 0 saturated heterocycles. The molecule has 0 bridgehead atoms. The van der Waals surface area contributed by atoms with Gasteiger partial charge in [-0.2, -0.15) is 4.98 Å². The number of amides is 2. The first-order valence-corrected chi connectivity index (χ1v) is 11.9. The summed E-state index contributed by atoms with van der Waals surface area (Å²) in [4.78, 5) is 19.6. The van der Waals surface area contributed by atoms with E-state index in [9.17, 15) is 9.18 Å². The third kappa shape index (κ3) is 4.18. The topological polar surface area (TPSA) is 89.7 Å². The molecule has 9 heteroatoms. The van der Waals surface area contributed by atoms with Gasteiger partial charge >= 0.3 is 6.03 Å². The molecule has 0 saturated carbocycles. The maximum absolute atomic E-state index is 14.2. The van der Waals surface area contributed by atoms with E-state index in [0.717, 1.165) is 11.1 Å². The SMILES string of the molecule is CC1=C(c2nc(-c3ccc(C)cc3)no2)C(c2cccc(F)c2)NC(=O)N1c1ccc2c(c1)OCCO2. The minimum Gasteiger partial charge on any atom is -0.486 e. The molecule has 186 valence electrons. The molecule has 8 nitrogen and oxygen atoms in total. The van der Waals surface area contributed by atoms with Gasteiger partial charge in [0.05, 0.1) is 17.3 Å². The predicted molar refractivity (Wildman–Crippen MR) is 135 cm³/mol. The summed E-state index contributed by atoms with van der Waals surface area (Å²) >= 11 is 0. The van der Waals surface area contributed by atoms with Crippen molar-refractivity contribution in [2.75, 3.05) is 18.1 Å². The summed E-state index contributed by atoms with van der Waals surface area (Å²) in [6.07, 6.45) is 0. The standard InChI is InChI=1S/C28H23FN4O4/c1-16-6-8-18(9-7-16)26-31-27(37-32-26)24-17(2)33(21-10-11-22-23(15-21)36-13-12-35-22)28(34)30-25(24)19-4-3-5-20(29)14-19/h3-11,14-15,25H,12-13H2,1-2H3,(H,30,34). The van der Waals surface area contributed by atoms with Gasteiger partial charge in [0.25, 0.3) is 5.89 Å². The van der Waals surface area contributed by atoms with Crippen LogP contribution in [0.25, 0.3) is 17.0 Å². The lowest BCUT2D eigenvalue weighted by Gasteiger charge is -2.35. The van der Waals surface area contributed by atoms with Crippen LogP contribution in [0, 0.1) is 12.7 Å². The second kappa shape index (κ2) is 9.09. The minimum absolute atomic E-state index is 0.227. The summed E-state index contributed by atoms with van der Waals surface area (Å²) in [7, 11) is 0. The smallest absolute Gasteiger partial charge is 0.327 e. The Labute approximate surface area is 212 Å². The second-order valence-corrected chi connectivity index (χ2v) is 8.89. The Morgan fingerprint density at radius 3 is 2.54 bits per heavy atom. The zero-order chi connectivity index (χ0) is 25.5. The number of nitrogens with one attached hydrogen (secondary N) is 1. The molecule has 2 aliphatic heterocycles. The van der Waals surface area contributed by atoms with Crippen LogP contribution >= 0.6 is 0 Å². The van der Waals surface area contributed by atoms with Crippen LogP contribution in [0.2, 0.25) is 0 Å². The van der Waals surface area contributed by atoms with E-state index in [0.29, 0.717) is 53.1 Å². The number of carbonyl (C=O) groups excluding carboxylic acids is 1. The Kier molecular flexibility index (Phi) is 5.60. The average Bonchev–Trinajstić information content (AvgIpc) is 3.38. The number of urea groups is 1. The van der Waals surface area contributed by atoms with Crippen molar-refractivity contribution in [3.63, 3.8) is 0 Å². The van der Waals surface area contributed by atoms with Crippen LogP contribution < -0.4 is 19.7 Å². The maximum atomic E-state index is 14.2. The molecule has 2 amide bonds. The highest BCUT2D eigenvalue weighted by Gasteiger charge is 2.37. The Hall–Kier alpha value is -4.66. The number of nitrogens with zero attached hydrogens (tertiary/aromatic N) is 3. The molecule has 6 rings (SSSR count). The number of ether oxygens (including phenoxy) is 2. The van der Waals surface area contributed by atoms with Crippen LogP contribution in [0.4, 0.5) is 14.9 Å². The third-order valence-corrected chi connectivity index (χ3v) is 6.42. The number of benzene rings is 3. The van der Waals surface area contributed by atoms with Crippen LogP contribution in [-0.2, 0) is 0 Å². The largest absolute Gasteiger partial charge is 0.486 e. The molecule has 37 heavy (non-hydrogen) atoms. The molecule has 4 aromatic rings. The average molecular weight is 499 g/mol. The van der Waals surface area contributed by atoms with Gasteiger partial charge in [-0.3, -0.25) is 4.90 Å². The molecule has 1 atom stereocenters. The lowest BCUT2D eigenvalue weighted by molar-refractivity contribution is 0.171. The highest BCUT2D eigenvalue weighted by Crippen LogP contribution is 2.41. The van der Waals surface area contributed by atoms with Crippen LogP contribution in [0.3, 0.4) is 0 Å². The quantitative estimate of drug-likeness (QED) is 0.391. The van der Waals surface area contributed by atoms with Gasteiger partial charge in [0.15, 0.2) is 11.5 Å². The van der Waals surface area contributed by atoms with Crippen molar-refractivity contribution in [3.8, 4) is 22.9 Å². The number of halogens is 1. The van der Waals surface area contributed by atoms with E-state index in [2.05, 4.69) is 15.5 Å². The van der Waals surface area contributed by atoms with Crippen molar-refractivity contribution in [2.45, 2.75) is 19.9 Å². The zero-order valence-electron chi connectivity index (χ0n) is 20.2. The molecule has 1 unspecified atom stereocenters. The first-order valence-electron chi connectivity index (χ1n) is 11.9. The molecular formula is C28H23FN4O4. The van der Waals surface area contributed by atoms with E-state index in [1.807, 2.05) is 31.2 Å². The van der Waals surface area contributed by atoms with Gasteiger partial charge in [-0.25, -0.2) is 9.18 Å². The zero-order valence-corrected chi connectivity index (χ0v) is 20.2. The normalized spacial score (nSPS) is 17.1. The highest BCUT2D eigenvalue weighted by molar-refractivity contribution is 6.01. The van der Waals surface area contributed by atoms with Gasteiger partial charge in [0.1, 0.15) is 19.0 Å². The number of allylic oxidation sites excluding steroid dienone is 1. The van der Waals surface area contributed by atoms with Gasteiger partial charge < -0.3 is 19.3 Å². The lowest BCUT2D eigenvalue weighted by atomic mass is 9.94. The number of fused-ring (bicyclic) bond motifs is 1. The first kappa shape index (κ1) is 22.8. The lowest BCUT2D eigenvalue weighted by Crippen LogP contribution is -2.46. The number of hydrogen-bond acceptors (Lipinski definition) is 6. The molecule has 0 spiro atoms. The van der Waals surface area contributed by atoms with Crippen molar-refractivity contribution < 1.29 is 23.2 Å². The van der Waals surface area contributed by atoms with Crippen molar-refractivity contribution in [2.24, 2.45) is 0 Å². The van der Waals surface area contributed by atoms with Crippen molar-refractivity contribution >= 4 is 17.3 Å². The van der Waals surface area contributed by atoms with Gasteiger partial charge in [0.2, 0.25) is 5.82 Å². The summed E-state index contributed by atoms with van der Waals surface area (Å²) in [5.41, 5.74) is 4.17. The fourth-order valence-electron chi connectivity index (χ4n) is 4.59. The Balaban J connectivity index is 1.48. The Morgan fingerprint density at radius 2 is 1.76 bits per heavy atom. The van der Waals surface area contributed by atoms with Crippen LogP contribution in [0.1, 0.15) is 30.0 Å². The van der Waals surface area contributed by atoms with E-state index in [4.69, 9.17) is 14.0 Å². The van der Waals surface area contributed by atoms with Crippen molar-refractivity contribution in [1.29, 1.82) is 0 Å². The summed E-state index contributed by atoms with van der Waals surface area (Å²) in [6.45, 7) is 4.69. The van der Waals surface area contributed by atoms with Crippen LogP contribution in [0.15, 0.2) is 77.0 Å². The van der Waals surface area contributed by atoms with E-state index < -0.39 is 11.9 Å². The van der Waals surface area contributed by atoms with E-state index >= 15 is 0 Å². The number of aryl methyl sites for hydroxylation is 1. The van der Waals surface area contributed by atoms with Crippen molar-refractivity contribution in [1.82, 2.24) is 15.5 Å². The number of aromatic nitrogens is 2. The van der Waals surface area contributed by atoms with Gasteiger partial charge in [0, 0.05) is 17.3 Å². The predicted octanol–water partition coefficient (Wildman–Crippen LogP) is 5.66. The molecule has 3 heterocycles.